The first kappa shape index (κ1) is 29.7. The Morgan fingerprint density at radius 2 is 1.79 bits per heavy atom. The molecule has 3 aromatic rings. The van der Waals surface area contributed by atoms with Gasteiger partial charge in [-0.2, -0.15) is 0 Å². The Balaban J connectivity index is 1.46. The van der Waals surface area contributed by atoms with Gasteiger partial charge in [0.1, 0.15) is 29.1 Å². The van der Waals surface area contributed by atoms with Crippen molar-refractivity contribution in [3.63, 3.8) is 0 Å². The summed E-state index contributed by atoms with van der Waals surface area (Å²) in [5.74, 6) is 0.738. The lowest BCUT2D eigenvalue weighted by atomic mass is 10.1. The Bertz CT molecular complexity index is 1530. The first-order valence-electron chi connectivity index (χ1n) is 14.3. The van der Waals surface area contributed by atoms with Crippen molar-refractivity contribution in [1.29, 1.82) is 0 Å². The molecule has 4 amide bonds. The smallest absolute Gasteiger partial charge is 0.258 e. The minimum Gasteiger partial charge on any atom is -0.486 e. The van der Waals surface area contributed by atoms with E-state index in [1.807, 2.05) is 26.0 Å². The highest BCUT2D eigenvalue weighted by molar-refractivity contribution is 6.01. The average Bonchev–Trinajstić information content (AvgIpc) is 3.54. The molecule has 3 N–H and O–H groups in total. The number of rotatable bonds is 4. The number of furan rings is 1. The van der Waals surface area contributed by atoms with E-state index in [1.54, 1.807) is 36.9 Å². The van der Waals surface area contributed by atoms with Gasteiger partial charge in [-0.3, -0.25) is 19.2 Å². The number of benzene rings is 2. The van der Waals surface area contributed by atoms with E-state index in [0.717, 1.165) is 5.56 Å². The zero-order valence-electron chi connectivity index (χ0n) is 24.7. The third-order valence-corrected chi connectivity index (χ3v) is 7.31. The lowest BCUT2D eigenvalue weighted by Gasteiger charge is -2.21. The second kappa shape index (κ2) is 12.6. The minimum atomic E-state index is -0.564. The molecule has 3 aliphatic heterocycles. The van der Waals surface area contributed by atoms with Crippen molar-refractivity contribution in [2.75, 3.05) is 26.2 Å². The maximum Gasteiger partial charge on any atom is 0.258 e. The number of carbonyl (C=O) groups excluding carboxylic acids is 4. The number of likely N-dealkylation sites (tertiary alicyclic amines) is 1. The molecule has 11 nitrogen and oxygen atoms in total. The fourth-order valence-electron chi connectivity index (χ4n) is 5.07. The van der Waals surface area contributed by atoms with Gasteiger partial charge in [-0.05, 0) is 61.7 Å². The van der Waals surface area contributed by atoms with Gasteiger partial charge < -0.3 is 34.7 Å². The fourth-order valence-corrected chi connectivity index (χ4v) is 5.07. The lowest BCUT2D eigenvalue weighted by Crippen LogP contribution is -2.45. The monoisotopic (exact) mass is 588 g/mol. The third-order valence-electron chi connectivity index (χ3n) is 7.31. The molecule has 43 heavy (non-hydrogen) atoms. The summed E-state index contributed by atoms with van der Waals surface area (Å²) in [6.45, 7) is 8.35. The fraction of sp³-hybridized carbons (Fsp3) is 0.375. The Morgan fingerprint density at radius 1 is 1.02 bits per heavy atom. The summed E-state index contributed by atoms with van der Waals surface area (Å²) in [7, 11) is 0. The van der Waals surface area contributed by atoms with Crippen molar-refractivity contribution >= 4 is 23.6 Å². The number of hydrogen-bond donors (Lipinski definition) is 3. The van der Waals surface area contributed by atoms with E-state index in [4.69, 9.17) is 13.9 Å². The van der Waals surface area contributed by atoms with Crippen LogP contribution in [0.25, 0.3) is 0 Å². The molecule has 3 aliphatic rings. The largest absolute Gasteiger partial charge is 0.486 e. The molecular weight excluding hydrogens is 552 g/mol. The van der Waals surface area contributed by atoms with Crippen LogP contribution in [0.1, 0.15) is 62.0 Å². The molecule has 1 aromatic heterocycles. The summed E-state index contributed by atoms with van der Waals surface area (Å²) < 4.78 is 17.6. The maximum atomic E-state index is 13.6. The van der Waals surface area contributed by atoms with Gasteiger partial charge in [-0.15, -0.1) is 0 Å². The van der Waals surface area contributed by atoms with Gasteiger partial charge in [0.15, 0.2) is 6.61 Å². The van der Waals surface area contributed by atoms with Crippen molar-refractivity contribution in [2.24, 2.45) is 5.92 Å². The highest BCUT2D eigenvalue weighted by Crippen LogP contribution is 2.25. The van der Waals surface area contributed by atoms with Crippen LogP contribution in [0.5, 0.6) is 11.5 Å². The SMILES string of the molecule is Cc1cc(C(=O)N2C[C@@H]3NC(=O)c4cc(cc(C(=O)NCC(C)C)c4)OCC(=O)NCc4ccc(cc4)O[C@H]3C2)c(C)o1. The van der Waals surface area contributed by atoms with Crippen molar-refractivity contribution < 1.29 is 33.1 Å². The van der Waals surface area contributed by atoms with E-state index in [-0.39, 0.29) is 66.8 Å². The van der Waals surface area contributed by atoms with Gasteiger partial charge in [-0.25, -0.2) is 0 Å². The standard InChI is InChI=1S/C32H36N4O7/c1-18(2)13-34-30(38)22-10-23-12-25(11-22)41-17-29(37)33-14-21-5-7-24(8-6-21)43-28-16-36(15-27(28)35-31(23)39)32(40)26-9-19(3)42-20(26)4/h5-12,18,27-28H,13-17H2,1-4H3,(H,33,37)(H,34,38)(H,35,39)/t27-,28-/m0/s1. The number of amides is 4. The summed E-state index contributed by atoms with van der Waals surface area (Å²) in [5.41, 5.74) is 1.72. The van der Waals surface area contributed by atoms with Gasteiger partial charge in [0.2, 0.25) is 0 Å². The van der Waals surface area contributed by atoms with Crippen LogP contribution in [-0.2, 0) is 11.3 Å². The number of nitrogens with zero attached hydrogens (tertiary/aromatic N) is 1. The van der Waals surface area contributed by atoms with Crippen LogP contribution >= 0.6 is 0 Å². The topological polar surface area (TPSA) is 139 Å². The third kappa shape index (κ3) is 7.17. The molecule has 0 radical (unpaired) electrons. The molecule has 1 fully saturated rings. The van der Waals surface area contributed by atoms with E-state index >= 15 is 0 Å². The molecule has 2 atom stereocenters. The van der Waals surface area contributed by atoms with Crippen molar-refractivity contribution in [3.05, 3.63) is 82.3 Å². The maximum absolute atomic E-state index is 13.6. The number of nitrogens with one attached hydrogen (secondary N) is 3. The Labute approximate surface area is 249 Å². The van der Waals surface area contributed by atoms with Crippen LogP contribution in [-0.4, -0.2) is 66.9 Å². The molecule has 6 rings (SSSR count). The van der Waals surface area contributed by atoms with E-state index in [1.165, 1.54) is 18.2 Å². The number of carbonyl (C=O) groups is 4. The summed E-state index contributed by atoms with van der Waals surface area (Å²) >= 11 is 0. The van der Waals surface area contributed by atoms with E-state index < -0.39 is 18.1 Å². The van der Waals surface area contributed by atoms with Crippen LogP contribution < -0.4 is 25.4 Å². The predicted molar refractivity (Wildman–Crippen MR) is 157 cm³/mol. The number of hydrogen-bond acceptors (Lipinski definition) is 7. The van der Waals surface area contributed by atoms with Crippen molar-refractivity contribution in [3.8, 4) is 11.5 Å². The lowest BCUT2D eigenvalue weighted by molar-refractivity contribution is -0.123. The van der Waals surface area contributed by atoms with Crippen molar-refractivity contribution in [2.45, 2.75) is 46.4 Å². The first-order chi connectivity index (χ1) is 20.5. The number of aryl methyl sites for hydroxylation is 2. The zero-order valence-corrected chi connectivity index (χ0v) is 24.7. The van der Waals surface area contributed by atoms with Gasteiger partial charge in [0, 0.05) is 30.8 Å². The molecule has 0 saturated carbocycles. The second-order valence-corrected chi connectivity index (χ2v) is 11.3. The number of fused-ring (bicyclic) bond motifs is 7. The van der Waals surface area contributed by atoms with Gasteiger partial charge >= 0.3 is 0 Å². The Morgan fingerprint density at radius 3 is 2.49 bits per heavy atom. The molecule has 4 bridgehead atoms. The summed E-state index contributed by atoms with van der Waals surface area (Å²) in [6, 6.07) is 12.9. The highest BCUT2D eigenvalue weighted by atomic mass is 16.5. The van der Waals surface area contributed by atoms with Gasteiger partial charge in [-0.1, -0.05) is 26.0 Å². The van der Waals surface area contributed by atoms with Crippen LogP contribution in [0.2, 0.25) is 0 Å². The molecular formula is C32H36N4O7. The van der Waals surface area contributed by atoms with E-state index in [9.17, 15) is 19.2 Å². The van der Waals surface area contributed by atoms with Crippen LogP contribution in [0.3, 0.4) is 0 Å². The van der Waals surface area contributed by atoms with Gasteiger partial charge in [0.25, 0.3) is 23.6 Å². The van der Waals surface area contributed by atoms with Crippen LogP contribution in [0.4, 0.5) is 0 Å². The molecule has 4 heterocycles. The molecule has 11 heteroatoms. The predicted octanol–water partition coefficient (Wildman–Crippen LogP) is 2.99. The Kier molecular flexibility index (Phi) is 8.70. The van der Waals surface area contributed by atoms with E-state index in [0.29, 0.717) is 29.4 Å². The van der Waals surface area contributed by atoms with Crippen LogP contribution in [0.15, 0.2) is 52.9 Å². The minimum absolute atomic E-state index is 0.172. The average molecular weight is 589 g/mol. The summed E-state index contributed by atoms with van der Waals surface area (Å²) in [5, 5.41) is 8.66. The van der Waals surface area contributed by atoms with Crippen LogP contribution in [0, 0.1) is 19.8 Å². The first-order valence-corrected chi connectivity index (χ1v) is 14.3. The molecule has 2 aromatic carbocycles. The number of ether oxygens (including phenoxy) is 2. The molecule has 0 unspecified atom stereocenters. The Hall–Kier alpha value is -4.80. The molecule has 1 saturated heterocycles. The zero-order chi connectivity index (χ0) is 30.7. The molecule has 0 spiro atoms. The molecule has 0 aliphatic carbocycles. The second-order valence-electron chi connectivity index (χ2n) is 11.3. The summed E-state index contributed by atoms with van der Waals surface area (Å²) in [4.78, 5) is 54.1. The van der Waals surface area contributed by atoms with Gasteiger partial charge in [0.05, 0.1) is 18.2 Å². The quantitative estimate of drug-likeness (QED) is 0.426. The normalized spacial score (nSPS) is 18.7. The summed E-state index contributed by atoms with van der Waals surface area (Å²) in [6.07, 6.45) is -0.560. The molecule has 226 valence electrons. The van der Waals surface area contributed by atoms with Crippen molar-refractivity contribution in [1.82, 2.24) is 20.9 Å². The van der Waals surface area contributed by atoms with E-state index in [2.05, 4.69) is 16.0 Å². The highest BCUT2D eigenvalue weighted by Gasteiger charge is 2.39.